The van der Waals surface area contributed by atoms with Crippen LogP contribution in [0.15, 0.2) is 18.2 Å². The number of nitro groups is 1. The molecule has 0 atom stereocenters. The Labute approximate surface area is 115 Å². The van der Waals surface area contributed by atoms with Crippen LogP contribution in [-0.4, -0.2) is 30.1 Å². The molecular weight excluding hydrogens is 296 g/mol. The second kappa shape index (κ2) is 6.58. The van der Waals surface area contributed by atoms with E-state index in [0.29, 0.717) is 18.7 Å². The van der Waals surface area contributed by atoms with Crippen molar-refractivity contribution < 1.29 is 18.4 Å². The van der Waals surface area contributed by atoms with E-state index >= 15 is 0 Å². The lowest BCUT2D eigenvalue weighted by atomic mass is 10.2. The number of hydrogen-bond donors (Lipinski definition) is 2. The molecule has 106 valence electrons. The minimum atomic E-state index is -3.66. The predicted molar refractivity (Wildman–Crippen MR) is 72.1 cm³/mol. The Morgan fingerprint density at radius 2 is 2.05 bits per heavy atom. The molecule has 0 unspecified atom stereocenters. The fraction of sp³-hybridized carbons (Fsp3) is 0.400. The number of rotatable bonds is 7. The van der Waals surface area contributed by atoms with Crippen LogP contribution in [0, 0.1) is 10.1 Å². The van der Waals surface area contributed by atoms with E-state index in [-0.39, 0.29) is 22.9 Å². The van der Waals surface area contributed by atoms with Gasteiger partial charge in [0.15, 0.2) is 0 Å². The zero-order chi connectivity index (χ0) is 14.5. The number of anilines is 1. The topological polar surface area (TPSA) is 110 Å². The van der Waals surface area contributed by atoms with Crippen LogP contribution in [0.4, 0.5) is 11.4 Å². The average molecular weight is 309 g/mol. The summed E-state index contributed by atoms with van der Waals surface area (Å²) in [6, 6.07) is 3.11. The summed E-state index contributed by atoms with van der Waals surface area (Å²) in [7, 11) is -3.66. The lowest BCUT2D eigenvalue weighted by molar-refractivity contribution is -0.384. The van der Waals surface area contributed by atoms with Gasteiger partial charge in [0.25, 0.3) is 5.69 Å². The van der Waals surface area contributed by atoms with E-state index in [1.165, 1.54) is 0 Å². The molecular formula is C10H13ClN2O5S. The number of unbranched alkanes of at least 4 members (excludes halogenated alkanes) is 1. The van der Waals surface area contributed by atoms with Crippen molar-refractivity contribution >= 4 is 33.0 Å². The number of benzene rings is 1. The van der Waals surface area contributed by atoms with Crippen LogP contribution < -0.4 is 4.72 Å². The number of phenolic OH excluding ortho intramolecular Hbond substituents is 1. The van der Waals surface area contributed by atoms with E-state index in [4.69, 9.17) is 11.6 Å². The van der Waals surface area contributed by atoms with Crippen molar-refractivity contribution in [2.75, 3.05) is 16.4 Å². The van der Waals surface area contributed by atoms with Gasteiger partial charge in [-0.25, -0.2) is 8.42 Å². The molecule has 19 heavy (non-hydrogen) atoms. The summed E-state index contributed by atoms with van der Waals surface area (Å²) < 4.78 is 25.5. The number of alkyl halides is 1. The fourth-order valence-electron chi connectivity index (χ4n) is 1.32. The molecule has 0 aromatic heterocycles. The van der Waals surface area contributed by atoms with Crippen molar-refractivity contribution in [2.24, 2.45) is 0 Å². The molecule has 0 radical (unpaired) electrons. The van der Waals surface area contributed by atoms with E-state index in [0.717, 1.165) is 18.2 Å². The molecule has 1 rings (SSSR count). The Balaban J connectivity index is 2.86. The highest BCUT2D eigenvalue weighted by atomic mass is 35.5. The van der Waals surface area contributed by atoms with Gasteiger partial charge in [0.05, 0.1) is 16.4 Å². The Kier molecular flexibility index (Phi) is 5.37. The molecule has 0 aliphatic rings. The van der Waals surface area contributed by atoms with Crippen LogP contribution in [0.25, 0.3) is 0 Å². The van der Waals surface area contributed by atoms with Crippen molar-refractivity contribution in [3.63, 3.8) is 0 Å². The molecule has 0 amide bonds. The molecule has 0 saturated carbocycles. The molecule has 7 nitrogen and oxygen atoms in total. The van der Waals surface area contributed by atoms with Crippen LogP contribution in [0.1, 0.15) is 12.8 Å². The summed E-state index contributed by atoms with van der Waals surface area (Å²) in [5.41, 5.74) is -0.517. The predicted octanol–water partition coefficient (Wildman–Crippen LogP) is 2.06. The minimum absolute atomic E-state index is 0.165. The Morgan fingerprint density at radius 3 is 2.63 bits per heavy atom. The van der Waals surface area contributed by atoms with Gasteiger partial charge in [-0.15, -0.1) is 11.6 Å². The monoisotopic (exact) mass is 308 g/mol. The van der Waals surface area contributed by atoms with Gasteiger partial charge in [0, 0.05) is 18.0 Å². The number of aromatic hydroxyl groups is 1. The average Bonchev–Trinajstić information content (AvgIpc) is 2.31. The third-order valence-electron chi connectivity index (χ3n) is 2.25. The highest BCUT2D eigenvalue weighted by molar-refractivity contribution is 7.92. The van der Waals surface area contributed by atoms with Gasteiger partial charge in [-0.2, -0.15) is 0 Å². The molecule has 1 aromatic rings. The lowest BCUT2D eigenvalue weighted by Gasteiger charge is -2.09. The number of phenols is 1. The van der Waals surface area contributed by atoms with Crippen molar-refractivity contribution in [1.82, 2.24) is 0 Å². The fourth-order valence-corrected chi connectivity index (χ4v) is 2.70. The maximum Gasteiger partial charge on any atom is 0.271 e. The van der Waals surface area contributed by atoms with Gasteiger partial charge in [0.2, 0.25) is 10.0 Å². The number of hydrogen-bond acceptors (Lipinski definition) is 5. The maximum absolute atomic E-state index is 11.7. The molecule has 0 spiro atoms. The van der Waals surface area contributed by atoms with Gasteiger partial charge < -0.3 is 5.11 Å². The second-order valence-electron chi connectivity index (χ2n) is 3.78. The maximum atomic E-state index is 11.7. The highest BCUT2D eigenvalue weighted by Gasteiger charge is 2.16. The second-order valence-corrected chi connectivity index (χ2v) is 6.00. The first-order valence-electron chi connectivity index (χ1n) is 5.39. The Hall–Kier alpha value is -1.54. The Bertz CT molecular complexity index is 561. The molecule has 1 aromatic carbocycles. The largest absolute Gasteiger partial charge is 0.506 e. The number of nitrogens with one attached hydrogen (secondary N) is 1. The normalized spacial score (nSPS) is 11.2. The van der Waals surface area contributed by atoms with E-state index in [1.54, 1.807) is 0 Å². The molecule has 0 saturated heterocycles. The highest BCUT2D eigenvalue weighted by Crippen LogP contribution is 2.28. The van der Waals surface area contributed by atoms with Crippen molar-refractivity contribution in [3.8, 4) is 5.75 Å². The number of non-ortho nitro benzene ring substituents is 1. The van der Waals surface area contributed by atoms with Crippen LogP contribution in [0.2, 0.25) is 0 Å². The SMILES string of the molecule is O=[N+]([O-])c1ccc(O)c(NS(=O)(=O)CCCCCl)c1. The van der Waals surface area contributed by atoms with E-state index in [2.05, 4.69) is 4.72 Å². The van der Waals surface area contributed by atoms with E-state index < -0.39 is 14.9 Å². The summed E-state index contributed by atoms with van der Waals surface area (Å²) in [4.78, 5) is 9.90. The lowest BCUT2D eigenvalue weighted by Crippen LogP contribution is -2.17. The molecule has 2 N–H and O–H groups in total. The number of sulfonamides is 1. The van der Waals surface area contributed by atoms with Crippen molar-refractivity contribution in [2.45, 2.75) is 12.8 Å². The zero-order valence-electron chi connectivity index (χ0n) is 9.87. The van der Waals surface area contributed by atoms with Crippen molar-refractivity contribution in [1.29, 1.82) is 0 Å². The number of nitro benzene ring substituents is 1. The van der Waals surface area contributed by atoms with Crippen LogP contribution >= 0.6 is 11.6 Å². The minimum Gasteiger partial charge on any atom is -0.506 e. The first-order valence-corrected chi connectivity index (χ1v) is 7.58. The molecule has 0 aliphatic heterocycles. The third kappa shape index (κ3) is 4.92. The summed E-state index contributed by atoms with van der Waals surface area (Å²) in [5, 5.41) is 20.1. The van der Waals surface area contributed by atoms with E-state index in [9.17, 15) is 23.6 Å². The molecule has 0 fully saturated rings. The molecule has 0 bridgehead atoms. The van der Waals surface area contributed by atoms with Gasteiger partial charge >= 0.3 is 0 Å². The molecule has 0 heterocycles. The standard InChI is InChI=1S/C10H13ClN2O5S/c11-5-1-2-6-19(17,18)12-9-7-8(13(15)16)3-4-10(9)14/h3-4,7,12,14H,1-2,5-6H2. The summed E-state index contributed by atoms with van der Waals surface area (Å²) in [6.45, 7) is 0. The van der Waals surface area contributed by atoms with Crippen LogP contribution in [0.5, 0.6) is 5.75 Å². The Morgan fingerprint density at radius 1 is 1.37 bits per heavy atom. The smallest absolute Gasteiger partial charge is 0.271 e. The zero-order valence-corrected chi connectivity index (χ0v) is 11.4. The molecule has 0 aliphatic carbocycles. The van der Waals surface area contributed by atoms with Gasteiger partial charge in [-0.05, 0) is 18.9 Å². The van der Waals surface area contributed by atoms with Gasteiger partial charge in [-0.1, -0.05) is 0 Å². The van der Waals surface area contributed by atoms with Crippen molar-refractivity contribution in [3.05, 3.63) is 28.3 Å². The van der Waals surface area contributed by atoms with Gasteiger partial charge in [0.1, 0.15) is 5.75 Å². The van der Waals surface area contributed by atoms with Crippen LogP contribution in [-0.2, 0) is 10.0 Å². The number of halogens is 1. The molecule has 9 heteroatoms. The quantitative estimate of drug-likeness (QED) is 0.263. The first-order chi connectivity index (χ1) is 8.85. The summed E-state index contributed by atoms with van der Waals surface area (Å²) in [6.07, 6.45) is 0.915. The van der Waals surface area contributed by atoms with Crippen LogP contribution in [0.3, 0.4) is 0 Å². The summed E-state index contributed by atoms with van der Waals surface area (Å²) in [5.74, 6) is -0.175. The summed E-state index contributed by atoms with van der Waals surface area (Å²) >= 11 is 5.44. The van der Waals surface area contributed by atoms with E-state index in [1.807, 2.05) is 0 Å². The first kappa shape index (κ1) is 15.5. The van der Waals surface area contributed by atoms with Gasteiger partial charge in [-0.3, -0.25) is 14.8 Å². The number of nitrogens with zero attached hydrogens (tertiary/aromatic N) is 1. The third-order valence-corrected chi connectivity index (χ3v) is 3.88.